The van der Waals surface area contributed by atoms with Crippen LogP contribution in [-0.2, 0) is 18.1 Å². The highest BCUT2D eigenvalue weighted by Crippen LogP contribution is 2.38. The van der Waals surface area contributed by atoms with Crippen LogP contribution in [0.25, 0.3) is 0 Å². The van der Waals surface area contributed by atoms with Gasteiger partial charge in [-0.2, -0.15) is 0 Å². The number of carbonyl (C=O) groups is 2. The molecular weight excluding hydrogens is 354 g/mol. The molecule has 0 aromatic rings. The monoisotopic (exact) mass is 389 g/mol. The lowest BCUT2D eigenvalue weighted by molar-refractivity contribution is -0.109. The first-order valence-corrected chi connectivity index (χ1v) is 11.1. The molecule has 0 bridgehead atoms. The minimum atomic E-state index is -2.58. The smallest absolute Gasteiger partial charge is 0.377 e. The molecule has 0 radical (unpaired) electrons. The molecule has 1 rings (SSSR count). The molecule has 3 N–H and O–H groups in total. The zero-order valence-electron chi connectivity index (χ0n) is 16.7. The molecule has 152 valence electrons. The summed E-state index contributed by atoms with van der Waals surface area (Å²) in [6.45, 7) is 5.60. The second-order valence-electron chi connectivity index (χ2n) is 7.70. The summed E-state index contributed by atoms with van der Waals surface area (Å²) in [5, 5.41) is 8.73. The van der Waals surface area contributed by atoms with Gasteiger partial charge in [0.05, 0.1) is 0 Å². The fourth-order valence-electron chi connectivity index (χ4n) is 3.88. The zero-order chi connectivity index (χ0) is 19.6. The van der Waals surface area contributed by atoms with E-state index in [0.717, 1.165) is 32.1 Å². The number of nitrogens with one attached hydrogen (secondary N) is 3. The molecule has 0 aromatic carbocycles. The minimum Gasteiger partial charge on any atom is -0.377 e. The maximum atomic E-state index is 12.2. The van der Waals surface area contributed by atoms with Crippen molar-refractivity contribution >= 4 is 21.2 Å². The van der Waals surface area contributed by atoms with Crippen LogP contribution >= 0.6 is 0 Å². The van der Waals surface area contributed by atoms with Crippen LogP contribution < -0.4 is 16.0 Å². The SMILES string of the molecule is CO[Si](CCCNC(=O)NC1CC(CNC=O)CC(C)(C)C1)(OC)OC. The van der Waals surface area contributed by atoms with Crippen molar-refractivity contribution in [2.24, 2.45) is 11.3 Å². The Bertz CT molecular complexity index is 438. The van der Waals surface area contributed by atoms with Gasteiger partial charge in [0.25, 0.3) is 0 Å². The third-order valence-electron chi connectivity index (χ3n) is 4.96. The Labute approximate surface area is 158 Å². The van der Waals surface area contributed by atoms with E-state index in [1.807, 2.05) is 0 Å². The fraction of sp³-hybridized carbons (Fsp3) is 0.882. The van der Waals surface area contributed by atoms with Crippen LogP contribution in [0.4, 0.5) is 4.79 Å². The summed E-state index contributed by atoms with van der Waals surface area (Å²) in [5.41, 5.74) is 0.145. The van der Waals surface area contributed by atoms with Crippen molar-refractivity contribution in [1.82, 2.24) is 16.0 Å². The van der Waals surface area contributed by atoms with Gasteiger partial charge in [-0.1, -0.05) is 13.8 Å². The summed E-state index contributed by atoms with van der Waals surface area (Å²) in [5.74, 6) is 0.381. The molecule has 2 unspecified atom stereocenters. The van der Waals surface area contributed by atoms with Crippen LogP contribution in [0.5, 0.6) is 0 Å². The van der Waals surface area contributed by atoms with Crippen molar-refractivity contribution in [3.05, 3.63) is 0 Å². The molecule has 26 heavy (non-hydrogen) atoms. The Morgan fingerprint density at radius 3 is 2.42 bits per heavy atom. The first-order valence-electron chi connectivity index (χ1n) is 9.16. The van der Waals surface area contributed by atoms with Gasteiger partial charge in [-0.3, -0.25) is 4.79 Å². The van der Waals surface area contributed by atoms with Crippen LogP contribution in [0.3, 0.4) is 0 Å². The first kappa shape index (κ1) is 22.9. The molecule has 8 nitrogen and oxygen atoms in total. The van der Waals surface area contributed by atoms with Crippen LogP contribution in [0, 0.1) is 11.3 Å². The van der Waals surface area contributed by atoms with E-state index < -0.39 is 8.80 Å². The van der Waals surface area contributed by atoms with Gasteiger partial charge in [0, 0.05) is 46.5 Å². The molecule has 1 aliphatic rings. The third kappa shape index (κ3) is 7.61. The lowest BCUT2D eigenvalue weighted by Gasteiger charge is -2.40. The lowest BCUT2D eigenvalue weighted by Crippen LogP contribution is -2.49. The van der Waals surface area contributed by atoms with Gasteiger partial charge in [0.15, 0.2) is 0 Å². The van der Waals surface area contributed by atoms with Gasteiger partial charge in [0.1, 0.15) is 0 Å². The maximum absolute atomic E-state index is 12.2. The fourth-order valence-corrected chi connectivity index (χ4v) is 5.60. The molecule has 0 spiro atoms. The third-order valence-corrected chi connectivity index (χ3v) is 7.79. The van der Waals surface area contributed by atoms with Crippen LogP contribution in [0.1, 0.15) is 39.5 Å². The molecular formula is C17H35N3O5Si. The standard InChI is InChI=1S/C17H35N3O5Si/c1-17(2)10-14(12-18-13-21)9-15(11-17)20-16(22)19-7-6-8-26(23-3,24-4)25-5/h13-15H,6-12H2,1-5H3,(H,18,21)(H2,19,20,22). The van der Waals surface area contributed by atoms with Gasteiger partial charge in [-0.15, -0.1) is 0 Å². The van der Waals surface area contributed by atoms with Crippen LogP contribution in [-0.4, -0.2) is 61.7 Å². The van der Waals surface area contributed by atoms with Gasteiger partial charge in [-0.25, -0.2) is 4.79 Å². The minimum absolute atomic E-state index is 0.114. The first-order chi connectivity index (χ1) is 12.3. The van der Waals surface area contributed by atoms with E-state index in [0.29, 0.717) is 25.1 Å². The topological polar surface area (TPSA) is 97.9 Å². The number of amides is 3. The molecule has 2 atom stereocenters. The number of urea groups is 1. The van der Waals surface area contributed by atoms with Crippen molar-refractivity contribution in [3.63, 3.8) is 0 Å². The summed E-state index contributed by atoms with van der Waals surface area (Å²) in [4.78, 5) is 22.7. The quantitative estimate of drug-likeness (QED) is 0.283. The Morgan fingerprint density at radius 2 is 1.85 bits per heavy atom. The van der Waals surface area contributed by atoms with Crippen LogP contribution in [0.15, 0.2) is 0 Å². The summed E-state index contributed by atoms with van der Waals surface area (Å²) in [6, 6.07) is 0.601. The molecule has 1 saturated carbocycles. The Morgan fingerprint density at radius 1 is 1.19 bits per heavy atom. The molecule has 0 aromatic heterocycles. The summed E-state index contributed by atoms with van der Waals surface area (Å²) < 4.78 is 16.1. The zero-order valence-corrected chi connectivity index (χ0v) is 17.7. The van der Waals surface area contributed by atoms with E-state index in [-0.39, 0.29) is 17.5 Å². The molecule has 0 aliphatic heterocycles. The van der Waals surface area contributed by atoms with E-state index in [1.165, 1.54) is 0 Å². The number of hydrogen-bond acceptors (Lipinski definition) is 5. The normalized spacial score (nSPS) is 22.5. The van der Waals surface area contributed by atoms with Crippen molar-refractivity contribution in [1.29, 1.82) is 0 Å². The Hall–Kier alpha value is -1.16. The van der Waals surface area contributed by atoms with Crippen molar-refractivity contribution in [2.45, 2.75) is 51.6 Å². The summed E-state index contributed by atoms with van der Waals surface area (Å²) in [7, 11) is 2.17. The summed E-state index contributed by atoms with van der Waals surface area (Å²) in [6.07, 6.45) is 4.32. The second kappa shape index (κ2) is 10.9. The highest BCUT2D eigenvalue weighted by molar-refractivity contribution is 6.60. The largest absolute Gasteiger partial charge is 0.500 e. The highest BCUT2D eigenvalue weighted by atomic mass is 28.4. The van der Waals surface area contributed by atoms with E-state index in [1.54, 1.807) is 21.3 Å². The number of carbonyl (C=O) groups excluding carboxylic acids is 2. The second-order valence-corrected chi connectivity index (χ2v) is 10.8. The molecule has 0 heterocycles. The molecule has 1 fully saturated rings. The van der Waals surface area contributed by atoms with Crippen molar-refractivity contribution in [3.8, 4) is 0 Å². The Balaban J connectivity index is 2.38. The highest BCUT2D eigenvalue weighted by Gasteiger charge is 2.37. The van der Waals surface area contributed by atoms with Gasteiger partial charge < -0.3 is 29.2 Å². The average Bonchev–Trinajstić information content (AvgIpc) is 2.59. The maximum Gasteiger partial charge on any atom is 0.500 e. The van der Waals surface area contributed by atoms with E-state index in [9.17, 15) is 9.59 Å². The average molecular weight is 390 g/mol. The molecule has 1 aliphatic carbocycles. The van der Waals surface area contributed by atoms with Gasteiger partial charge in [0.2, 0.25) is 6.41 Å². The predicted molar refractivity (Wildman–Crippen MR) is 102 cm³/mol. The van der Waals surface area contributed by atoms with E-state index in [2.05, 4.69) is 29.8 Å². The predicted octanol–water partition coefficient (Wildman–Crippen LogP) is 1.49. The van der Waals surface area contributed by atoms with Crippen LogP contribution in [0.2, 0.25) is 6.04 Å². The number of rotatable bonds is 11. The molecule has 9 heteroatoms. The van der Waals surface area contributed by atoms with Crippen molar-refractivity contribution in [2.75, 3.05) is 34.4 Å². The van der Waals surface area contributed by atoms with Crippen molar-refractivity contribution < 1.29 is 22.9 Å². The number of hydrogen-bond donors (Lipinski definition) is 3. The van der Waals surface area contributed by atoms with E-state index in [4.69, 9.17) is 13.3 Å². The van der Waals surface area contributed by atoms with Gasteiger partial charge >= 0.3 is 14.8 Å². The Kier molecular flexibility index (Phi) is 9.55. The van der Waals surface area contributed by atoms with E-state index >= 15 is 0 Å². The van der Waals surface area contributed by atoms with Gasteiger partial charge in [-0.05, 0) is 37.0 Å². The molecule has 0 saturated heterocycles. The lowest BCUT2D eigenvalue weighted by atomic mass is 9.70. The molecule has 3 amide bonds. The summed E-state index contributed by atoms with van der Waals surface area (Å²) >= 11 is 0.